The van der Waals surface area contributed by atoms with Gasteiger partial charge in [-0.3, -0.25) is 0 Å². The Kier molecular flexibility index (Phi) is 3.54. The molecule has 0 saturated carbocycles. The maximum absolute atomic E-state index is 6.01. The number of para-hydroxylation sites is 1. The average molecular weight is 314 g/mol. The molecule has 2 N–H and O–H groups in total. The molecule has 0 fully saturated rings. The number of nitrogens with zero attached hydrogens (tertiary/aromatic N) is 1. The molecule has 0 saturated heterocycles. The fourth-order valence-corrected chi connectivity index (χ4v) is 1.76. The number of hydrogen-bond donors (Lipinski definition) is 1. The summed E-state index contributed by atoms with van der Waals surface area (Å²) in [6.45, 7) is 1.88. The fourth-order valence-electron chi connectivity index (χ4n) is 1.32. The highest BCUT2D eigenvalue weighted by Gasteiger charge is 2.08. The van der Waals surface area contributed by atoms with Crippen LogP contribution in [0.1, 0.15) is 5.69 Å². The van der Waals surface area contributed by atoms with E-state index in [1.54, 1.807) is 24.3 Å². The molecule has 0 atom stereocenters. The molecule has 88 valence electrons. The minimum Gasteiger partial charge on any atom is -0.435 e. The summed E-state index contributed by atoms with van der Waals surface area (Å²) in [5.74, 6) is 0.897. The average Bonchev–Trinajstić information content (AvgIpc) is 2.28. The van der Waals surface area contributed by atoms with Crippen LogP contribution in [-0.2, 0) is 0 Å². The highest BCUT2D eigenvalue weighted by atomic mass is 79.9. The van der Waals surface area contributed by atoms with Crippen LogP contribution < -0.4 is 10.5 Å². The van der Waals surface area contributed by atoms with Crippen LogP contribution in [0, 0.1) is 6.92 Å². The van der Waals surface area contributed by atoms with E-state index in [-0.39, 0.29) is 0 Å². The summed E-state index contributed by atoms with van der Waals surface area (Å²) < 4.78 is 6.51. The van der Waals surface area contributed by atoms with E-state index in [9.17, 15) is 0 Å². The first kappa shape index (κ1) is 12.2. The van der Waals surface area contributed by atoms with Gasteiger partial charge in [0.1, 0.15) is 0 Å². The van der Waals surface area contributed by atoms with Gasteiger partial charge in [-0.15, -0.1) is 0 Å². The van der Waals surface area contributed by atoms with Crippen molar-refractivity contribution in [1.29, 1.82) is 0 Å². The molecule has 1 aromatic heterocycles. The van der Waals surface area contributed by atoms with Crippen LogP contribution in [0.25, 0.3) is 0 Å². The van der Waals surface area contributed by atoms with Crippen LogP contribution in [0.15, 0.2) is 34.8 Å². The number of nitrogens with two attached hydrogens (primary N) is 1. The van der Waals surface area contributed by atoms with E-state index < -0.39 is 0 Å². The topological polar surface area (TPSA) is 48.1 Å². The first-order valence-corrected chi connectivity index (χ1v) is 6.10. The van der Waals surface area contributed by atoms with Crippen molar-refractivity contribution in [3.8, 4) is 11.6 Å². The number of aromatic nitrogens is 1. The number of ether oxygens (including phenoxy) is 1. The van der Waals surface area contributed by atoms with Gasteiger partial charge >= 0.3 is 0 Å². The second kappa shape index (κ2) is 4.94. The molecule has 0 amide bonds. The zero-order valence-corrected chi connectivity index (χ0v) is 11.4. The van der Waals surface area contributed by atoms with Crippen LogP contribution >= 0.6 is 27.5 Å². The third-order valence-electron chi connectivity index (χ3n) is 2.20. The smallest absolute Gasteiger partial charge is 0.219 e. The number of pyridine rings is 1. The van der Waals surface area contributed by atoms with Crippen molar-refractivity contribution in [2.75, 3.05) is 5.73 Å². The summed E-state index contributed by atoms with van der Waals surface area (Å²) in [6, 6.07) is 8.83. The molecule has 0 aliphatic heterocycles. The molecular formula is C12H10BrClN2O. The molecule has 5 heteroatoms. The van der Waals surface area contributed by atoms with Crippen molar-refractivity contribution < 1.29 is 4.74 Å². The molecule has 3 nitrogen and oxygen atoms in total. The van der Waals surface area contributed by atoms with Gasteiger partial charge in [-0.05, 0) is 41.1 Å². The largest absolute Gasteiger partial charge is 0.435 e. The molecule has 2 aromatic rings. The lowest BCUT2D eigenvalue weighted by molar-refractivity contribution is 0.464. The van der Waals surface area contributed by atoms with Gasteiger partial charge in [0.05, 0.1) is 16.4 Å². The molecule has 0 radical (unpaired) electrons. The van der Waals surface area contributed by atoms with Gasteiger partial charge in [0.2, 0.25) is 5.88 Å². The lowest BCUT2D eigenvalue weighted by Gasteiger charge is -2.09. The number of rotatable bonds is 2. The molecule has 0 bridgehead atoms. The summed E-state index contributed by atoms with van der Waals surface area (Å²) in [6.07, 6.45) is 0. The second-order valence-electron chi connectivity index (χ2n) is 3.48. The molecule has 1 aromatic carbocycles. The lowest BCUT2D eigenvalue weighted by atomic mass is 10.3. The first-order chi connectivity index (χ1) is 8.08. The van der Waals surface area contributed by atoms with E-state index in [1.807, 2.05) is 13.0 Å². The van der Waals surface area contributed by atoms with Crippen molar-refractivity contribution in [3.63, 3.8) is 0 Å². The van der Waals surface area contributed by atoms with Crippen molar-refractivity contribution in [1.82, 2.24) is 4.98 Å². The molecule has 0 aliphatic carbocycles. The first-order valence-electron chi connectivity index (χ1n) is 4.93. The number of benzene rings is 1. The second-order valence-corrected chi connectivity index (χ2v) is 4.74. The predicted molar refractivity (Wildman–Crippen MR) is 72.6 cm³/mol. The summed E-state index contributed by atoms with van der Waals surface area (Å²) >= 11 is 9.38. The van der Waals surface area contributed by atoms with Gasteiger partial charge in [0.15, 0.2) is 5.75 Å². The zero-order chi connectivity index (χ0) is 12.4. The third-order valence-corrected chi connectivity index (χ3v) is 3.34. The van der Waals surface area contributed by atoms with E-state index in [0.29, 0.717) is 22.3 Å². The van der Waals surface area contributed by atoms with Crippen molar-refractivity contribution in [3.05, 3.63) is 45.5 Å². The number of aryl methyl sites for hydroxylation is 1. The molecule has 17 heavy (non-hydrogen) atoms. The Morgan fingerprint density at radius 2 is 2.06 bits per heavy atom. The van der Waals surface area contributed by atoms with Crippen molar-refractivity contribution >= 4 is 33.2 Å². The summed E-state index contributed by atoms with van der Waals surface area (Å²) in [5.41, 5.74) is 7.12. The Morgan fingerprint density at radius 3 is 2.71 bits per heavy atom. The van der Waals surface area contributed by atoms with Gasteiger partial charge in [0, 0.05) is 10.5 Å². The van der Waals surface area contributed by atoms with Gasteiger partial charge in [-0.2, -0.15) is 0 Å². The number of nitrogen functional groups attached to an aromatic ring is 1. The summed E-state index contributed by atoms with van der Waals surface area (Å²) in [7, 11) is 0. The van der Waals surface area contributed by atoms with E-state index in [1.165, 1.54) is 0 Å². The van der Waals surface area contributed by atoms with Crippen LogP contribution in [-0.4, -0.2) is 4.98 Å². The Balaban J connectivity index is 2.35. The normalized spacial score (nSPS) is 10.3. The van der Waals surface area contributed by atoms with E-state index >= 15 is 0 Å². The Hall–Kier alpha value is -1.26. The molecular weight excluding hydrogens is 304 g/mol. The lowest BCUT2D eigenvalue weighted by Crippen LogP contribution is -1.95. The Morgan fingerprint density at radius 1 is 1.29 bits per heavy atom. The quantitative estimate of drug-likeness (QED) is 0.846. The molecule has 0 unspecified atom stereocenters. The highest BCUT2D eigenvalue weighted by molar-refractivity contribution is 9.10. The van der Waals surface area contributed by atoms with E-state index in [2.05, 4.69) is 20.9 Å². The van der Waals surface area contributed by atoms with Crippen molar-refractivity contribution in [2.24, 2.45) is 0 Å². The monoisotopic (exact) mass is 312 g/mol. The van der Waals surface area contributed by atoms with Crippen LogP contribution in [0.3, 0.4) is 0 Å². The Labute approximate surface area is 113 Å². The maximum atomic E-state index is 6.01. The number of anilines is 1. The molecule has 0 spiro atoms. The number of hydrogen-bond acceptors (Lipinski definition) is 3. The third kappa shape index (κ3) is 2.70. The van der Waals surface area contributed by atoms with Gasteiger partial charge in [0.25, 0.3) is 0 Å². The SMILES string of the molecule is Cc1nc(Oc2c(N)cccc2Cl)ccc1Br. The van der Waals surface area contributed by atoms with E-state index in [0.717, 1.165) is 10.2 Å². The van der Waals surface area contributed by atoms with Crippen LogP contribution in [0.5, 0.6) is 11.6 Å². The molecule has 2 rings (SSSR count). The van der Waals surface area contributed by atoms with Gasteiger partial charge < -0.3 is 10.5 Å². The summed E-state index contributed by atoms with van der Waals surface area (Å²) in [5, 5.41) is 0.465. The fraction of sp³-hybridized carbons (Fsp3) is 0.0833. The van der Waals surface area contributed by atoms with Crippen LogP contribution in [0.2, 0.25) is 5.02 Å². The summed E-state index contributed by atoms with van der Waals surface area (Å²) in [4.78, 5) is 4.27. The maximum Gasteiger partial charge on any atom is 0.219 e. The van der Waals surface area contributed by atoms with Crippen molar-refractivity contribution in [2.45, 2.75) is 6.92 Å². The highest BCUT2D eigenvalue weighted by Crippen LogP contribution is 2.34. The Bertz CT molecular complexity index is 540. The minimum absolute atomic E-state index is 0.434. The number of halogens is 2. The van der Waals surface area contributed by atoms with Gasteiger partial charge in [-0.1, -0.05) is 17.7 Å². The minimum atomic E-state index is 0.434. The predicted octanol–water partition coefficient (Wildman–Crippen LogP) is 4.18. The zero-order valence-electron chi connectivity index (χ0n) is 9.08. The molecule has 1 heterocycles. The molecule has 0 aliphatic rings. The van der Waals surface area contributed by atoms with Crippen LogP contribution in [0.4, 0.5) is 5.69 Å². The van der Waals surface area contributed by atoms with E-state index in [4.69, 9.17) is 22.1 Å². The standard InChI is InChI=1S/C12H10BrClN2O/c1-7-8(13)5-6-11(16-7)17-12-9(14)3-2-4-10(12)15/h2-6H,15H2,1H3. The van der Waals surface area contributed by atoms with Gasteiger partial charge in [-0.25, -0.2) is 4.98 Å².